The third-order valence-corrected chi connectivity index (χ3v) is 7.46. The molecule has 134 valence electrons. The lowest BCUT2D eigenvalue weighted by atomic mass is 9.95. The van der Waals surface area contributed by atoms with E-state index in [-0.39, 0.29) is 5.91 Å². The maximum atomic E-state index is 12.5. The second-order valence-corrected chi connectivity index (χ2v) is 9.16. The van der Waals surface area contributed by atoms with Gasteiger partial charge >= 0.3 is 0 Å². The molecule has 0 N–H and O–H groups in total. The SMILES string of the molecule is CCN1C(=O)C(=CC2=CC(=C3Sc4ccccc4N3C)CCC2)SC1=S. The van der Waals surface area contributed by atoms with E-state index in [1.165, 1.54) is 38.5 Å². The Morgan fingerprint density at radius 2 is 2.04 bits per heavy atom. The molecule has 6 heteroatoms. The highest BCUT2D eigenvalue weighted by atomic mass is 32.2. The molecule has 1 aromatic rings. The van der Waals surface area contributed by atoms with E-state index >= 15 is 0 Å². The van der Waals surface area contributed by atoms with Crippen LogP contribution in [0.3, 0.4) is 0 Å². The number of benzene rings is 1. The Hall–Kier alpha value is -1.50. The van der Waals surface area contributed by atoms with Gasteiger partial charge < -0.3 is 4.90 Å². The number of likely N-dealkylation sites (N-methyl/N-ethyl adjacent to an activating group) is 1. The summed E-state index contributed by atoms with van der Waals surface area (Å²) in [7, 11) is 2.13. The highest BCUT2D eigenvalue weighted by Gasteiger charge is 2.31. The molecule has 0 radical (unpaired) electrons. The molecule has 0 atom stereocenters. The van der Waals surface area contributed by atoms with Gasteiger partial charge in [0.1, 0.15) is 4.32 Å². The fraction of sp³-hybridized carbons (Fsp3) is 0.300. The van der Waals surface area contributed by atoms with E-state index in [0.29, 0.717) is 10.9 Å². The molecule has 2 aliphatic heterocycles. The number of allylic oxidation sites excluding steroid dienone is 4. The maximum Gasteiger partial charge on any atom is 0.266 e. The van der Waals surface area contributed by atoms with Gasteiger partial charge in [-0.3, -0.25) is 9.69 Å². The molecule has 0 aromatic heterocycles. The molecule has 0 spiro atoms. The first-order chi connectivity index (χ1) is 12.6. The van der Waals surface area contributed by atoms with E-state index in [0.717, 1.165) is 24.2 Å². The maximum absolute atomic E-state index is 12.5. The van der Waals surface area contributed by atoms with Crippen molar-refractivity contribution in [1.82, 2.24) is 4.90 Å². The molecule has 2 heterocycles. The van der Waals surface area contributed by atoms with Gasteiger partial charge in [-0.25, -0.2) is 0 Å². The number of thiocarbonyl (C=S) groups is 1. The largest absolute Gasteiger partial charge is 0.338 e. The summed E-state index contributed by atoms with van der Waals surface area (Å²) in [5.41, 5.74) is 3.85. The quantitative estimate of drug-likeness (QED) is 0.494. The molecule has 1 aromatic carbocycles. The fourth-order valence-corrected chi connectivity index (χ4v) is 6.05. The van der Waals surface area contributed by atoms with Crippen molar-refractivity contribution in [1.29, 1.82) is 0 Å². The van der Waals surface area contributed by atoms with E-state index in [1.807, 2.05) is 24.8 Å². The minimum absolute atomic E-state index is 0.0444. The zero-order chi connectivity index (χ0) is 18.3. The van der Waals surface area contributed by atoms with Gasteiger partial charge in [0.2, 0.25) is 0 Å². The van der Waals surface area contributed by atoms with Crippen molar-refractivity contribution >= 4 is 51.7 Å². The van der Waals surface area contributed by atoms with E-state index in [4.69, 9.17) is 12.2 Å². The summed E-state index contributed by atoms with van der Waals surface area (Å²) >= 11 is 8.58. The number of hydrogen-bond acceptors (Lipinski definition) is 5. The molecule has 1 fully saturated rings. The van der Waals surface area contributed by atoms with Crippen molar-refractivity contribution in [2.24, 2.45) is 0 Å². The smallest absolute Gasteiger partial charge is 0.266 e. The highest BCUT2D eigenvalue weighted by molar-refractivity contribution is 8.26. The van der Waals surface area contributed by atoms with Crippen molar-refractivity contribution in [3.63, 3.8) is 0 Å². The summed E-state index contributed by atoms with van der Waals surface area (Å²) in [6.07, 6.45) is 7.51. The molecular weight excluding hydrogens is 380 g/mol. The van der Waals surface area contributed by atoms with Gasteiger partial charge in [-0.05, 0) is 55.5 Å². The number of hydrogen-bond donors (Lipinski definition) is 0. The van der Waals surface area contributed by atoms with Crippen molar-refractivity contribution in [3.05, 3.63) is 57.5 Å². The lowest BCUT2D eigenvalue weighted by Crippen LogP contribution is -2.27. The van der Waals surface area contributed by atoms with Crippen LogP contribution >= 0.6 is 35.7 Å². The summed E-state index contributed by atoms with van der Waals surface area (Å²) in [5.74, 6) is 0.0444. The zero-order valence-electron chi connectivity index (χ0n) is 14.8. The van der Waals surface area contributed by atoms with Gasteiger partial charge in [0, 0.05) is 18.5 Å². The summed E-state index contributed by atoms with van der Waals surface area (Å²) in [6.45, 7) is 2.59. The van der Waals surface area contributed by atoms with Crippen molar-refractivity contribution < 1.29 is 4.79 Å². The Balaban J connectivity index is 1.65. The fourth-order valence-electron chi connectivity index (χ4n) is 3.46. The first-order valence-corrected chi connectivity index (χ1v) is 10.8. The molecule has 0 unspecified atom stereocenters. The second kappa shape index (κ2) is 7.25. The Morgan fingerprint density at radius 1 is 1.23 bits per heavy atom. The lowest BCUT2D eigenvalue weighted by molar-refractivity contribution is -0.122. The molecule has 3 aliphatic rings. The van der Waals surface area contributed by atoms with Gasteiger partial charge in [-0.1, -0.05) is 54.0 Å². The van der Waals surface area contributed by atoms with Crippen LogP contribution in [0.5, 0.6) is 0 Å². The van der Waals surface area contributed by atoms with Crippen LogP contribution in [0, 0.1) is 0 Å². The van der Waals surface area contributed by atoms with Gasteiger partial charge in [0.05, 0.1) is 15.6 Å². The number of para-hydroxylation sites is 1. The summed E-state index contributed by atoms with van der Waals surface area (Å²) < 4.78 is 0.667. The van der Waals surface area contributed by atoms with Crippen molar-refractivity contribution in [2.75, 3.05) is 18.5 Å². The second-order valence-electron chi connectivity index (χ2n) is 6.46. The Labute approximate surface area is 168 Å². The van der Waals surface area contributed by atoms with Crippen molar-refractivity contribution in [3.8, 4) is 0 Å². The number of carbonyl (C=O) groups is 1. The average Bonchev–Trinajstić information content (AvgIpc) is 3.12. The average molecular weight is 401 g/mol. The topological polar surface area (TPSA) is 23.6 Å². The monoisotopic (exact) mass is 400 g/mol. The highest BCUT2D eigenvalue weighted by Crippen LogP contribution is 2.47. The molecule has 0 saturated carbocycles. The lowest BCUT2D eigenvalue weighted by Gasteiger charge is -2.20. The number of anilines is 1. The minimum Gasteiger partial charge on any atom is -0.338 e. The molecule has 4 rings (SSSR count). The van der Waals surface area contributed by atoms with E-state index in [1.54, 1.807) is 4.90 Å². The number of thioether (sulfide) groups is 2. The Morgan fingerprint density at radius 3 is 2.77 bits per heavy atom. The molecular formula is C20H20N2OS3. The number of carbonyl (C=O) groups excluding carboxylic acids is 1. The third-order valence-electron chi connectivity index (χ3n) is 4.79. The first kappa shape index (κ1) is 17.9. The van der Waals surface area contributed by atoms with Crippen LogP contribution < -0.4 is 4.90 Å². The third kappa shape index (κ3) is 3.15. The molecule has 26 heavy (non-hydrogen) atoms. The Bertz CT molecular complexity index is 885. The predicted molar refractivity (Wildman–Crippen MR) is 115 cm³/mol. The summed E-state index contributed by atoms with van der Waals surface area (Å²) in [6, 6.07) is 8.51. The Kier molecular flexibility index (Phi) is 4.99. The molecule has 1 saturated heterocycles. The number of nitrogens with zero attached hydrogens (tertiary/aromatic N) is 2. The number of fused-ring (bicyclic) bond motifs is 1. The molecule has 3 nitrogen and oxygen atoms in total. The minimum atomic E-state index is 0.0444. The number of rotatable bonds is 2. The number of amides is 1. The first-order valence-electron chi connectivity index (χ1n) is 8.78. The summed E-state index contributed by atoms with van der Waals surface area (Å²) in [4.78, 5) is 18.5. The van der Waals surface area contributed by atoms with Crippen LogP contribution in [-0.4, -0.2) is 28.7 Å². The van der Waals surface area contributed by atoms with Crippen molar-refractivity contribution in [2.45, 2.75) is 31.1 Å². The molecule has 1 amide bonds. The van der Waals surface area contributed by atoms with Gasteiger partial charge in [-0.15, -0.1) is 0 Å². The predicted octanol–water partition coefficient (Wildman–Crippen LogP) is 5.31. The molecule has 0 bridgehead atoms. The van der Waals surface area contributed by atoms with E-state index < -0.39 is 0 Å². The van der Waals surface area contributed by atoms with Crippen LogP contribution in [0.15, 0.2) is 62.4 Å². The zero-order valence-corrected chi connectivity index (χ0v) is 17.3. The van der Waals surface area contributed by atoms with Crippen LogP contribution in [0.25, 0.3) is 0 Å². The van der Waals surface area contributed by atoms with E-state index in [2.05, 4.69) is 42.3 Å². The van der Waals surface area contributed by atoms with E-state index in [9.17, 15) is 4.79 Å². The van der Waals surface area contributed by atoms with Crippen LogP contribution in [0.4, 0.5) is 5.69 Å². The van der Waals surface area contributed by atoms with Gasteiger partial charge in [0.25, 0.3) is 5.91 Å². The van der Waals surface area contributed by atoms with Crippen LogP contribution in [0.1, 0.15) is 26.2 Å². The van der Waals surface area contributed by atoms with Gasteiger partial charge in [0.15, 0.2) is 0 Å². The van der Waals surface area contributed by atoms with Crippen LogP contribution in [-0.2, 0) is 4.79 Å². The summed E-state index contributed by atoms with van der Waals surface area (Å²) in [5, 5.41) is 1.30. The molecule has 1 aliphatic carbocycles. The normalized spacial score (nSPS) is 24.5. The standard InChI is InChI=1S/C20H20N2OS3/c1-3-22-18(23)17(26-20(22)24)12-13-7-6-8-14(11-13)19-21(2)15-9-4-5-10-16(15)25-19/h4-5,9-12H,3,6-8H2,1-2H3. The van der Waals surface area contributed by atoms with Crippen LogP contribution in [0.2, 0.25) is 0 Å². The van der Waals surface area contributed by atoms with Gasteiger partial charge in [-0.2, -0.15) is 0 Å².